The molecule has 0 bridgehead atoms. The molecule has 3 amide bonds. The van der Waals surface area contributed by atoms with Crippen molar-refractivity contribution < 1.29 is 18.8 Å². The van der Waals surface area contributed by atoms with E-state index in [-0.39, 0.29) is 22.7 Å². The molecule has 0 fully saturated rings. The highest BCUT2D eigenvalue weighted by atomic mass is 19.1. The Hall–Kier alpha value is -4.07. The number of hydrogen-bond acceptors (Lipinski definition) is 4. The van der Waals surface area contributed by atoms with Crippen LogP contribution in [0.1, 0.15) is 31.1 Å². The van der Waals surface area contributed by atoms with Crippen LogP contribution in [0.3, 0.4) is 0 Å². The van der Waals surface area contributed by atoms with Crippen LogP contribution in [0.5, 0.6) is 0 Å². The van der Waals surface area contributed by atoms with Crippen molar-refractivity contribution >= 4 is 29.1 Å². The van der Waals surface area contributed by atoms with Crippen LogP contribution >= 0.6 is 0 Å². The average Bonchev–Trinajstić information content (AvgIpc) is 2.70. The van der Waals surface area contributed by atoms with Gasteiger partial charge < -0.3 is 16.4 Å². The number of aromatic nitrogens is 1. The molecule has 0 unspecified atom stereocenters. The fourth-order valence-corrected chi connectivity index (χ4v) is 2.46. The molecule has 0 spiro atoms. The van der Waals surface area contributed by atoms with Gasteiger partial charge in [0.2, 0.25) is 0 Å². The number of primary amides is 1. The summed E-state index contributed by atoms with van der Waals surface area (Å²) < 4.78 is 13.3. The minimum absolute atomic E-state index is 0.0868. The van der Waals surface area contributed by atoms with Gasteiger partial charge in [0.25, 0.3) is 17.7 Å². The lowest BCUT2D eigenvalue weighted by molar-refractivity contribution is 0.0997. The van der Waals surface area contributed by atoms with E-state index < -0.39 is 17.6 Å². The third-order valence-electron chi connectivity index (χ3n) is 3.80. The largest absolute Gasteiger partial charge is 0.366 e. The number of carbonyl (C=O) groups excluding carboxylic acids is 3. The van der Waals surface area contributed by atoms with Crippen LogP contribution in [-0.2, 0) is 0 Å². The maximum absolute atomic E-state index is 13.3. The first kappa shape index (κ1) is 18.7. The minimum Gasteiger partial charge on any atom is -0.366 e. The van der Waals surface area contributed by atoms with Crippen molar-refractivity contribution in [2.45, 2.75) is 0 Å². The van der Waals surface area contributed by atoms with E-state index in [0.29, 0.717) is 11.3 Å². The molecule has 0 radical (unpaired) electrons. The monoisotopic (exact) mass is 378 g/mol. The smallest absolute Gasteiger partial charge is 0.257 e. The second-order valence-corrected chi connectivity index (χ2v) is 5.78. The molecule has 0 saturated carbocycles. The van der Waals surface area contributed by atoms with Crippen LogP contribution in [0, 0.1) is 5.82 Å². The van der Waals surface area contributed by atoms with Gasteiger partial charge >= 0.3 is 0 Å². The molecule has 3 aromatic rings. The minimum atomic E-state index is -0.868. The van der Waals surface area contributed by atoms with Gasteiger partial charge in [-0.3, -0.25) is 19.4 Å². The zero-order valence-electron chi connectivity index (χ0n) is 14.5. The maximum atomic E-state index is 13.3. The highest BCUT2D eigenvalue weighted by Gasteiger charge is 2.14. The van der Waals surface area contributed by atoms with Gasteiger partial charge in [-0.1, -0.05) is 6.07 Å². The number of carbonyl (C=O) groups is 3. The number of halogens is 1. The number of amides is 3. The van der Waals surface area contributed by atoms with Crippen molar-refractivity contribution in [3.05, 3.63) is 89.5 Å². The number of nitrogens with one attached hydrogen (secondary N) is 2. The van der Waals surface area contributed by atoms with Gasteiger partial charge in [0, 0.05) is 23.6 Å². The maximum Gasteiger partial charge on any atom is 0.257 e. The zero-order chi connectivity index (χ0) is 20.1. The molecule has 2 aromatic carbocycles. The van der Waals surface area contributed by atoms with E-state index in [1.165, 1.54) is 24.4 Å². The van der Waals surface area contributed by atoms with Crippen molar-refractivity contribution in [1.29, 1.82) is 0 Å². The Morgan fingerprint density at radius 3 is 2.36 bits per heavy atom. The van der Waals surface area contributed by atoms with Crippen LogP contribution in [0.15, 0.2) is 67.0 Å². The number of benzene rings is 2. The number of rotatable bonds is 5. The molecule has 0 atom stereocenters. The summed E-state index contributed by atoms with van der Waals surface area (Å²) in [5, 5.41) is 5.19. The summed E-state index contributed by atoms with van der Waals surface area (Å²) in [7, 11) is 0. The number of nitrogens with zero attached hydrogens (tertiary/aromatic N) is 1. The van der Waals surface area contributed by atoms with Crippen LogP contribution in [0.4, 0.5) is 15.8 Å². The quantitative estimate of drug-likeness (QED) is 0.633. The van der Waals surface area contributed by atoms with Crippen LogP contribution in [-0.4, -0.2) is 22.7 Å². The van der Waals surface area contributed by atoms with Gasteiger partial charge in [-0.25, -0.2) is 4.39 Å². The fourth-order valence-electron chi connectivity index (χ4n) is 2.46. The summed E-state index contributed by atoms with van der Waals surface area (Å²) in [5.74, 6) is -2.44. The summed E-state index contributed by atoms with van der Waals surface area (Å²) in [4.78, 5) is 40.0. The highest BCUT2D eigenvalue weighted by Crippen LogP contribution is 2.19. The standard InChI is InChI=1S/C20H15FN4O3/c21-14-6-7-17(16(10-14)18(22)26)25-19(27)12-3-1-5-15(9-12)24-20(28)13-4-2-8-23-11-13/h1-11H,(H2,22,26)(H,24,28)(H,25,27). The predicted molar refractivity (Wildman–Crippen MR) is 102 cm³/mol. The first-order valence-corrected chi connectivity index (χ1v) is 8.16. The van der Waals surface area contributed by atoms with Gasteiger partial charge in [0.15, 0.2) is 0 Å². The number of anilines is 2. The Morgan fingerprint density at radius 2 is 1.64 bits per heavy atom. The lowest BCUT2D eigenvalue weighted by Crippen LogP contribution is -2.19. The number of nitrogens with two attached hydrogens (primary N) is 1. The number of pyridine rings is 1. The lowest BCUT2D eigenvalue weighted by Gasteiger charge is -2.10. The first-order chi connectivity index (χ1) is 13.4. The van der Waals surface area contributed by atoms with Gasteiger partial charge in [-0.2, -0.15) is 0 Å². The SMILES string of the molecule is NC(=O)c1cc(F)ccc1NC(=O)c1cccc(NC(=O)c2cccnc2)c1. The Balaban J connectivity index is 1.78. The van der Waals surface area contributed by atoms with E-state index in [0.717, 1.165) is 12.1 Å². The summed E-state index contributed by atoms with van der Waals surface area (Å²) in [5.41, 5.74) is 6.16. The number of hydrogen-bond donors (Lipinski definition) is 3. The first-order valence-electron chi connectivity index (χ1n) is 8.16. The third-order valence-corrected chi connectivity index (χ3v) is 3.80. The highest BCUT2D eigenvalue weighted by molar-refractivity contribution is 6.10. The van der Waals surface area contributed by atoms with Crippen LogP contribution in [0.25, 0.3) is 0 Å². The molecular formula is C20H15FN4O3. The van der Waals surface area contributed by atoms with Crippen molar-refractivity contribution in [3.8, 4) is 0 Å². The van der Waals surface area contributed by atoms with Crippen molar-refractivity contribution in [2.24, 2.45) is 5.73 Å². The Kier molecular flexibility index (Phi) is 5.40. The molecule has 7 nitrogen and oxygen atoms in total. The van der Waals surface area contributed by atoms with E-state index in [9.17, 15) is 18.8 Å². The normalized spacial score (nSPS) is 10.2. The molecule has 8 heteroatoms. The van der Waals surface area contributed by atoms with Gasteiger partial charge in [-0.05, 0) is 48.5 Å². The van der Waals surface area contributed by atoms with Crippen molar-refractivity contribution in [1.82, 2.24) is 4.98 Å². The predicted octanol–water partition coefficient (Wildman–Crippen LogP) is 2.82. The zero-order valence-corrected chi connectivity index (χ0v) is 14.5. The van der Waals surface area contributed by atoms with Gasteiger partial charge in [0.05, 0.1) is 16.8 Å². The van der Waals surface area contributed by atoms with E-state index in [2.05, 4.69) is 15.6 Å². The summed E-state index contributed by atoms with van der Waals surface area (Å²) in [6, 6.07) is 12.8. The molecule has 1 heterocycles. The second kappa shape index (κ2) is 8.09. The molecule has 0 aliphatic rings. The fraction of sp³-hybridized carbons (Fsp3) is 0. The summed E-state index contributed by atoms with van der Waals surface area (Å²) in [6.45, 7) is 0. The molecule has 4 N–H and O–H groups in total. The van der Waals surface area contributed by atoms with E-state index in [4.69, 9.17) is 5.73 Å². The van der Waals surface area contributed by atoms with Crippen LogP contribution in [0.2, 0.25) is 0 Å². The molecule has 0 aliphatic heterocycles. The molecular weight excluding hydrogens is 363 g/mol. The van der Waals surface area contributed by atoms with Gasteiger partial charge in [0.1, 0.15) is 5.82 Å². The molecule has 28 heavy (non-hydrogen) atoms. The molecule has 0 saturated heterocycles. The Bertz CT molecular complexity index is 1050. The van der Waals surface area contributed by atoms with Gasteiger partial charge in [-0.15, -0.1) is 0 Å². The second-order valence-electron chi connectivity index (χ2n) is 5.78. The van der Waals surface area contributed by atoms with E-state index in [1.54, 1.807) is 30.5 Å². The topological polar surface area (TPSA) is 114 Å². The van der Waals surface area contributed by atoms with E-state index >= 15 is 0 Å². The lowest BCUT2D eigenvalue weighted by atomic mass is 10.1. The third kappa shape index (κ3) is 4.36. The molecule has 140 valence electrons. The summed E-state index contributed by atoms with van der Waals surface area (Å²) in [6.07, 6.45) is 2.98. The van der Waals surface area contributed by atoms with Crippen molar-refractivity contribution in [2.75, 3.05) is 10.6 Å². The molecule has 0 aliphatic carbocycles. The Morgan fingerprint density at radius 1 is 0.893 bits per heavy atom. The Labute approximate surface area is 159 Å². The molecule has 3 rings (SSSR count). The average molecular weight is 378 g/mol. The van der Waals surface area contributed by atoms with E-state index in [1.807, 2.05) is 0 Å². The molecule has 1 aromatic heterocycles. The summed E-state index contributed by atoms with van der Waals surface area (Å²) >= 11 is 0. The van der Waals surface area contributed by atoms with Crippen LogP contribution < -0.4 is 16.4 Å². The van der Waals surface area contributed by atoms with Crippen molar-refractivity contribution in [3.63, 3.8) is 0 Å².